The van der Waals surface area contributed by atoms with Gasteiger partial charge in [-0.25, -0.2) is 0 Å². The first-order valence-corrected chi connectivity index (χ1v) is 7.86. The second kappa shape index (κ2) is 6.28. The van der Waals surface area contributed by atoms with Gasteiger partial charge in [-0.05, 0) is 42.9 Å². The van der Waals surface area contributed by atoms with E-state index < -0.39 is 0 Å². The van der Waals surface area contributed by atoms with E-state index in [2.05, 4.69) is 69.2 Å². The summed E-state index contributed by atoms with van der Waals surface area (Å²) in [5, 5.41) is 3.35. The average Bonchev–Trinajstić information content (AvgIpc) is 2.33. The fourth-order valence-corrected chi connectivity index (χ4v) is 2.70. The molecule has 1 N–H and O–H groups in total. The van der Waals surface area contributed by atoms with Crippen molar-refractivity contribution in [3.63, 3.8) is 0 Å². The minimum Gasteiger partial charge on any atom is -0.316 e. The summed E-state index contributed by atoms with van der Waals surface area (Å²) in [5.74, 6) is 0.853. The van der Waals surface area contributed by atoms with Crippen LogP contribution in [0.3, 0.4) is 0 Å². The highest BCUT2D eigenvalue weighted by atomic mass is 15.1. The molecule has 0 amide bonds. The van der Waals surface area contributed by atoms with Gasteiger partial charge < -0.3 is 10.2 Å². The Morgan fingerprint density at radius 3 is 2.25 bits per heavy atom. The number of nitrogens with one attached hydrogen (secondary N) is 1. The van der Waals surface area contributed by atoms with Crippen LogP contribution in [0.4, 0.5) is 0 Å². The minimum absolute atomic E-state index is 0.248. The monoisotopic (exact) mass is 274 g/mol. The molecule has 20 heavy (non-hydrogen) atoms. The van der Waals surface area contributed by atoms with Crippen LogP contribution in [0.1, 0.15) is 38.8 Å². The fourth-order valence-electron chi connectivity index (χ4n) is 2.70. The molecule has 2 rings (SSSR count). The molecule has 1 unspecified atom stereocenters. The summed E-state index contributed by atoms with van der Waals surface area (Å²) in [6, 6.07) is 9.79. The predicted molar refractivity (Wildman–Crippen MR) is 87.3 cm³/mol. The number of benzene rings is 1. The first kappa shape index (κ1) is 15.5. The van der Waals surface area contributed by atoms with Gasteiger partial charge in [0.05, 0.1) is 0 Å². The van der Waals surface area contributed by atoms with Crippen LogP contribution < -0.4 is 5.32 Å². The normalized spacial score (nSPS) is 18.1. The van der Waals surface area contributed by atoms with E-state index in [1.54, 1.807) is 0 Å². The molecule has 1 heterocycles. The fraction of sp³-hybridized carbons (Fsp3) is 0.667. The number of nitrogens with zero attached hydrogens (tertiary/aromatic N) is 1. The lowest BCUT2D eigenvalue weighted by Gasteiger charge is -2.34. The molecule has 1 aliphatic heterocycles. The van der Waals surface area contributed by atoms with E-state index in [1.807, 2.05) is 0 Å². The smallest absolute Gasteiger partial charge is 0.0104 e. The van der Waals surface area contributed by atoms with Crippen molar-refractivity contribution < 1.29 is 0 Å². The number of hydrogen-bond acceptors (Lipinski definition) is 2. The van der Waals surface area contributed by atoms with E-state index in [0.29, 0.717) is 6.04 Å². The zero-order valence-electron chi connectivity index (χ0n) is 13.7. The van der Waals surface area contributed by atoms with Crippen molar-refractivity contribution in [3.05, 3.63) is 35.4 Å². The van der Waals surface area contributed by atoms with Gasteiger partial charge in [-0.2, -0.15) is 0 Å². The van der Waals surface area contributed by atoms with Crippen LogP contribution in [-0.4, -0.2) is 37.6 Å². The van der Waals surface area contributed by atoms with Gasteiger partial charge in [0.2, 0.25) is 0 Å². The highest BCUT2D eigenvalue weighted by Crippen LogP contribution is 2.22. The van der Waals surface area contributed by atoms with Gasteiger partial charge >= 0.3 is 0 Å². The molecule has 2 heteroatoms. The molecular formula is C18H30N2. The number of rotatable bonds is 5. The number of likely N-dealkylation sites (N-methyl/N-ethyl adjacent to an activating group) is 1. The molecule has 1 atom stereocenters. The SMILES string of the molecule is CC(Cc1ccc(C(C)(C)C)cc1)N(C)CC1CNC1. The molecule has 1 saturated heterocycles. The molecule has 0 aromatic heterocycles. The zero-order valence-corrected chi connectivity index (χ0v) is 13.7. The molecule has 0 bridgehead atoms. The maximum atomic E-state index is 3.35. The van der Waals surface area contributed by atoms with Crippen LogP contribution >= 0.6 is 0 Å². The highest BCUT2D eigenvalue weighted by Gasteiger charge is 2.21. The first-order valence-electron chi connectivity index (χ1n) is 7.86. The van der Waals surface area contributed by atoms with Crippen LogP contribution in [0.2, 0.25) is 0 Å². The van der Waals surface area contributed by atoms with Crippen molar-refractivity contribution >= 4 is 0 Å². The van der Waals surface area contributed by atoms with E-state index in [0.717, 1.165) is 12.3 Å². The Hall–Kier alpha value is -0.860. The summed E-state index contributed by atoms with van der Waals surface area (Å²) in [7, 11) is 2.26. The third kappa shape index (κ3) is 4.07. The first-order chi connectivity index (χ1) is 9.36. The second-order valence-electron chi connectivity index (χ2n) is 7.46. The Bertz CT molecular complexity index is 412. The molecule has 0 spiro atoms. The van der Waals surface area contributed by atoms with Crippen LogP contribution in [0.15, 0.2) is 24.3 Å². The van der Waals surface area contributed by atoms with Gasteiger partial charge in [0, 0.05) is 25.7 Å². The topological polar surface area (TPSA) is 15.3 Å². The van der Waals surface area contributed by atoms with E-state index in [1.165, 1.54) is 30.8 Å². The lowest BCUT2D eigenvalue weighted by Crippen LogP contribution is -2.49. The quantitative estimate of drug-likeness (QED) is 0.888. The average molecular weight is 274 g/mol. The maximum absolute atomic E-state index is 3.35. The maximum Gasteiger partial charge on any atom is 0.0104 e. The van der Waals surface area contributed by atoms with Crippen LogP contribution in [0, 0.1) is 5.92 Å². The Morgan fingerprint density at radius 2 is 1.80 bits per heavy atom. The van der Waals surface area contributed by atoms with E-state index in [9.17, 15) is 0 Å². The standard InChI is InChI=1S/C18H30N2/c1-14(20(5)13-16-11-19-12-16)10-15-6-8-17(9-7-15)18(2,3)4/h6-9,14,16,19H,10-13H2,1-5H3. The third-order valence-electron chi connectivity index (χ3n) is 4.52. The van der Waals surface area contributed by atoms with Gasteiger partial charge in [0.1, 0.15) is 0 Å². The van der Waals surface area contributed by atoms with Gasteiger partial charge in [-0.3, -0.25) is 0 Å². The van der Waals surface area contributed by atoms with Crippen LogP contribution in [0.25, 0.3) is 0 Å². The zero-order chi connectivity index (χ0) is 14.8. The van der Waals surface area contributed by atoms with Crippen molar-refractivity contribution in [2.24, 2.45) is 5.92 Å². The molecule has 1 aromatic rings. The Balaban J connectivity index is 1.88. The molecule has 2 nitrogen and oxygen atoms in total. The second-order valence-corrected chi connectivity index (χ2v) is 7.46. The van der Waals surface area contributed by atoms with Gasteiger partial charge in [-0.1, -0.05) is 45.0 Å². The number of hydrogen-bond donors (Lipinski definition) is 1. The molecule has 112 valence electrons. The van der Waals surface area contributed by atoms with E-state index in [4.69, 9.17) is 0 Å². The molecule has 1 fully saturated rings. The molecule has 0 aliphatic carbocycles. The molecule has 1 aromatic carbocycles. The van der Waals surface area contributed by atoms with Crippen molar-refractivity contribution in [1.82, 2.24) is 10.2 Å². The van der Waals surface area contributed by atoms with Crippen LogP contribution in [0.5, 0.6) is 0 Å². The Morgan fingerprint density at radius 1 is 1.20 bits per heavy atom. The minimum atomic E-state index is 0.248. The molecular weight excluding hydrogens is 244 g/mol. The summed E-state index contributed by atoms with van der Waals surface area (Å²) in [6.07, 6.45) is 1.14. The summed E-state index contributed by atoms with van der Waals surface area (Å²) in [4.78, 5) is 2.50. The molecule has 0 saturated carbocycles. The van der Waals surface area contributed by atoms with Crippen LogP contribution in [-0.2, 0) is 11.8 Å². The summed E-state index contributed by atoms with van der Waals surface area (Å²) in [5.41, 5.74) is 3.12. The van der Waals surface area contributed by atoms with Gasteiger partial charge in [0.15, 0.2) is 0 Å². The van der Waals surface area contributed by atoms with Crippen molar-refractivity contribution in [1.29, 1.82) is 0 Å². The van der Waals surface area contributed by atoms with Gasteiger partial charge in [0.25, 0.3) is 0 Å². The molecule has 1 aliphatic rings. The third-order valence-corrected chi connectivity index (χ3v) is 4.52. The lowest BCUT2D eigenvalue weighted by molar-refractivity contribution is 0.183. The summed E-state index contributed by atoms with van der Waals surface area (Å²) >= 11 is 0. The lowest BCUT2D eigenvalue weighted by atomic mass is 9.86. The van der Waals surface area contributed by atoms with Crippen molar-refractivity contribution in [2.45, 2.75) is 45.6 Å². The van der Waals surface area contributed by atoms with E-state index >= 15 is 0 Å². The highest BCUT2D eigenvalue weighted by molar-refractivity contribution is 5.27. The Kier molecular flexibility index (Phi) is 4.87. The largest absolute Gasteiger partial charge is 0.316 e. The Labute approximate surface area is 124 Å². The molecule has 0 radical (unpaired) electrons. The predicted octanol–water partition coefficient (Wildman–Crippen LogP) is 3.07. The summed E-state index contributed by atoms with van der Waals surface area (Å²) in [6.45, 7) is 12.7. The van der Waals surface area contributed by atoms with Gasteiger partial charge in [-0.15, -0.1) is 0 Å². The summed E-state index contributed by atoms with van der Waals surface area (Å²) < 4.78 is 0. The van der Waals surface area contributed by atoms with Crippen molar-refractivity contribution in [2.75, 3.05) is 26.7 Å². The van der Waals surface area contributed by atoms with E-state index in [-0.39, 0.29) is 5.41 Å². The van der Waals surface area contributed by atoms with Crippen molar-refractivity contribution in [3.8, 4) is 0 Å².